The average Bonchev–Trinajstić information content (AvgIpc) is 1.81. The zero-order chi connectivity index (χ0) is 8.15. The highest BCUT2D eigenvalue weighted by Crippen LogP contribution is 2.05. The van der Waals surface area contributed by atoms with E-state index in [1.165, 1.54) is 6.08 Å². The number of nitrogens with two attached hydrogens (primary N) is 1. The van der Waals surface area contributed by atoms with Crippen molar-refractivity contribution in [1.82, 2.24) is 0 Å². The van der Waals surface area contributed by atoms with Crippen LogP contribution in [0.3, 0.4) is 0 Å². The first-order chi connectivity index (χ1) is 4.57. The fourth-order valence-corrected chi connectivity index (χ4v) is 0.423. The van der Waals surface area contributed by atoms with E-state index in [-0.39, 0.29) is 17.0 Å². The third-order valence-corrected chi connectivity index (χ3v) is 0.874. The Morgan fingerprint density at radius 2 is 2.10 bits per heavy atom. The van der Waals surface area contributed by atoms with Gasteiger partial charge in [-0.3, -0.25) is 0 Å². The molecular weight excluding hydrogens is 133 g/mol. The summed E-state index contributed by atoms with van der Waals surface area (Å²) in [5.41, 5.74) is 5.38. The van der Waals surface area contributed by atoms with Gasteiger partial charge in [-0.15, -0.1) is 0 Å². The second-order valence-corrected chi connectivity index (χ2v) is 1.82. The fourth-order valence-electron chi connectivity index (χ4n) is 0.423. The predicted molar refractivity (Wildman–Crippen MR) is 39.2 cm³/mol. The molecule has 0 unspecified atom stereocenters. The summed E-state index contributed by atoms with van der Waals surface area (Å²) >= 11 is 0. The average molecular weight is 143 g/mol. The second kappa shape index (κ2) is 3.71. The van der Waals surface area contributed by atoms with Crippen LogP contribution in [-0.4, -0.2) is 11.8 Å². The van der Waals surface area contributed by atoms with Gasteiger partial charge < -0.3 is 10.8 Å². The lowest BCUT2D eigenvalue weighted by molar-refractivity contribution is 0.408. The van der Waals surface area contributed by atoms with Crippen molar-refractivity contribution >= 4 is 0 Å². The molecule has 2 nitrogen and oxygen atoms in total. The van der Waals surface area contributed by atoms with Crippen molar-refractivity contribution in [3.63, 3.8) is 0 Å². The van der Waals surface area contributed by atoms with Crippen LogP contribution in [0.4, 0.5) is 4.39 Å². The number of halogens is 1. The maximum Gasteiger partial charge on any atom is 0.118 e. The molecule has 10 heavy (non-hydrogen) atoms. The van der Waals surface area contributed by atoms with Crippen molar-refractivity contribution in [2.24, 2.45) is 5.73 Å². The summed E-state index contributed by atoms with van der Waals surface area (Å²) in [4.78, 5) is 0. The number of rotatable bonds is 3. The van der Waals surface area contributed by atoms with Crippen LogP contribution in [0.2, 0.25) is 0 Å². The Kier molecular flexibility index (Phi) is 3.25. The molecule has 0 saturated carbocycles. The van der Waals surface area contributed by atoms with E-state index >= 15 is 0 Å². The van der Waals surface area contributed by atoms with Crippen LogP contribution < -0.4 is 5.73 Å². The van der Waals surface area contributed by atoms with Crippen LogP contribution in [0.25, 0.3) is 0 Å². The Morgan fingerprint density at radius 1 is 1.60 bits per heavy atom. The molecule has 0 atom stereocenters. The van der Waals surface area contributed by atoms with Crippen molar-refractivity contribution in [3.8, 4) is 0 Å². The van der Waals surface area contributed by atoms with Gasteiger partial charge in [0.25, 0.3) is 0 Å². The molecule has 0 aromatic heterocycles. The first-order valence-electron chi connectivity index (χ1n) is 2.67. The topological polar surface area (TPSA) is 46.2 Å². The van der Waals surface area contributed by atoms with Crippen LogP contribution in [0, 0.1) is 0 Å². The number of hydrogen-bond donors (Lipinski definition) is 2. The van der Waals surface area contributed by atoms with E-state index in [4.69, 9.17) is 10.8 Å². The number of allylic oxidation sites excluding steroid dienone is 2. The van der Waals surface area contributed by atoms with Crippen molar-refractivity contribution in [2.45, 2.75) is 0 Å². The molecule has 0 spiro atoms. The highest BCUT2D eigenvalue weighted by atomic mass is 19.1. The van der Waals surface area contributed by atoms with Crippen molar-refractivity contribution in [3.05, 3.63) is 36.3 Å². The van der Waals surface area contributed by atoms with Gasteiger partial charge in [0, 0.05) is 11.3 Å². The Morgan fingerprint density at radius 3 is 2.20 bits per heavy atom. The van der Waals surface area contributed by atoms with E-state index < -0.39 is 6.67 Å². The molecule has 0 amide bonds. The maximum atomic E-state index is 11.9. The molecule has 0 radical (unpaired) electrons. The number of hydrogen-bond acceptors (Lipinski definition) is 2. The van der Waals surface area contributed by atoms with Crippen LogP contribution >= 0.6 is 0 Å². The molecular formula is C7H10FNO. The van der Waals surface area contributed by atoms with Gasteiger partial charge in [-0.2, -0.15) is 0 Å². The monoisotopic (exact) mass is 143 g/mol. The van der Waals surface area contributed by atoms with E-state index in [0.717, 1.165) is 0 Å². The minimum atomic E-state index is -0.786. The Labute approximate surface area is 59.2 Å². The first kappa shape index (κ1) is 8.75. The van der Waals surface area contributed by atoms with Crippen LogP contribution in [0.1, 0.15) is 0 Å². The standard InChI is InChI=1S/C7H10FNO/c1-5(9)3-7(4-8)6(2)10/h3,10H,1-2,4,9H2/b7-3-. The van der Waals surface area contributed by atoms with Gasteiger partial charge in [0.15, 0.2) is 0 Å². The maximum absolute atomic E-state index is 11.9. The van der Waals surface area contributed by atoms with Crippen LogP contribution in [-0.2, 0) is 0 Å². The fraction of sp³-hybridized carbons (Fsp3) is 0.143. The minimum absolute atomic E-state index is 0.0625. The minimum Gasteiger partial charge on any atom is -0.508 e. The largest absolute Gasteiger partial charge is 0.508 e. The molecule has 0 fully saturated rings. The quantitative estimate of drug-likeness (QED) is 0.463. The molecule has 0 bridgehead atoms. The third-order valence-electron chi connectivity index (χ3n) is 0.874. The van der Waals surface area contributed by atoms with Gasteiger partial charge in [0.1, 0.15) is 12.4 Å². The summed E-state index contributed by atoms with van der Waals surface area (Å²) in [6.07, 6.45) is 1.24. The molecule has 3 N–H and O–H groups in total. The SMILES string of the molecule is C=C(N)/C=C(/CF)C(=C)O. The van der Waals surface area contributed by atoms with E-state index in [2.05, 4.69) is 13.2 Å². The molecule has 0 rings (SSSR count). The predicted octanol–water partition coefficient (Wildman–Crippen LogP) is 1.43. The molecule has 0 aromatic carbocycles. The molecule has 0 aliphatic rings. The zero-order valence-electron chi connectivity index (χ0n) is 5.60. The summed E-state index contributed by atoms with van der Waals surface area (Å²) in [5.74, 6) is -0.311. The molecule has 3 heteroatoms. The first-order valence-corrected chi connectivity index (χ1v) is 2.67. The number of aliphatic hydroxyl groups excluding tert-OH is 1. The summed E-state index contributed by atoms with van der Waals surface area (Å²) < 4.78 is 11.9. The van der Waals surface area contributed by atoms with Crippen molar-refractivity contribution in [2.75, 3.05) is 6.67 Å². The van der Waals surface area contributed by atoms with Crippen molar-refractivity contribution in [1.29, 1.82) is 0 Å². The lowest BCUT2D eigenvalue weighted by atomic mass is 10.2. The Bertz CT molecular complexity index is 184. The van der Waals surface area contributed by atoms with Gasteiger partial charge >= 0.3 is 0 Å². The van der Waals surface area contributed by atoms with Gasteiger partial charge in [-0.05, 0) is 6.08 Å². The highest BCUT2D eigenvalue weighted by molar-refractivity contribution is 5.29. The van der Waals surface area contributed by atoms with Gasteiger partial charge in [-0.1, -0.05) is 13.2 Å². The summed E-state index contributed by atoms with van der Waals surface area (Å²) in [6.45, 7) is 5.65. The van der Waals surface area contributed by atoms with E-state index in [9.17, 15) is 4.39 Å². The molecule has 0 aliphatic heterocycles. The van der Waals surface area contributed by atoms with Gasteiger partial charge in [0.05, 0.1) is 0 Å². The van der Waals surface area contributed by atoms with Gasteiger partial charge in [0.2, 0.25) is 0 Å². The summed E-state index contributed by atoms with van der Waals surface area (Å²) in [6, 6.07) is 0. The smallest absolute Gasteiger partial charge is 0.118 e. The highest BCUT2D eigenvalue weighted by Gasteiger charge is 1.98. The molecule has 56 valence electrons. The second-order valence-electron chi connectivity index (χ2n) is 1.82. The normalized spacial score (nSPS) is 11.1. The van der Waals surface area contributed by atoms with Crippen LogP contribution in [0.15, 0.2) is 36.3 Å². The lowest BCUT2D eigenvalue weighted by Crippen LogP contribution is -1.95. The molecule has 0 saturated heterocycles. The summed E-state index contributed by atoms with van der Waals surface area (Å²) in [5, 5.41) is 8.66. The zero-order valence-corrected chi connectivity index (χ0v) is 5.60. The van der Waals surface area contributed by atoms with Crippen LogP contribution in [0.5, 0.6) is 0 Å². The summed E-state index contributed by atoms with van der Waals surface area (Å²) in [7, 11) is 0. The van der Waals surface area contributed by atoms with E-state index in [0.29, 0.717) is 0 Å². The molecule has 0 aromatic rings. The third kappa shape index (κ3) is 2.91. The Hall–Kier alpha value is -1.25. The molecule has 0 aliphatic carbocycles. The van der Waals surface area contributed by atoms with E-state index in [1.807, 2.05) is 0 Å². The number of aliphatic hydroxyl groups is 1. The molecule has 0 heterocycles. The Balaban J connectivity index is 4.34. The lowest BCUT2D eigenvalue weighted by Gasteiger charge is -1.98. The van der Waals surface area contributed by atoms with E-state index in [1.54, 1.807) is 0 Å². The van der Waals surface area contributed by atoms with Crippen molar-refractivity contribution < 1.29 is 9.50 Å². The van der Waals surface area contributed by atoms with Gasteiger partial charge in [-0.25, -0.2) is 4.39 Å². The number of alkyl halides is 1.